The van der Waals surface area contributed by atoms with Gasteiger partial charge in [0.15, 0.2) is 0 Å². The normalized spacial score (nSPS) is 10.1. The van der Waals surface area contributed by atoms with Gasteiger partial charge in [-0.25, -0.2) is 0 Å². The van der Waals surface area contributed by atoms with E-state index in [-0.39, 0.29) is 5.75 Å². The van der Waals surface area contributed by atoms with Crippen molar-refractivity contribution in [1.82, 2.24) is 4.98 Å². The Balaban J connectivity index is 1.97. The molecule has 20 heavy (non-hydrogen) atoms. The van der Waals surface area contributed by atoms with Crippen molar-refractivity contribution < 1.29 is 19.3 Å². The standard InChI is InChI=1S/C15H17NO4/c1-18-14-7-6-11(15(16-14)19-2)8-9-20-13-5-3-4-12(17)10-13/h3-7,10,17H,8-9H2,1-2H3. The lowest BCUT2D eigenvalue weighted by Crippen LogP contribution is -2.04. The summed E-state index contributed by atoms with van der Waals surface area (Å²) in [5, 5.41) is 9.35. The van der Waals surface area contributed by atoms with Crippen molar-refractivity contribution in [3.63, 3.8) is 0 Å². The number of methoxy groups -OCH3 is 2. The van der Waals surface area contributed by atoms with Crippen LogP contribution in [-0.4, -0.2) is 30.9 Å². The van der Waals surface area contributed by atoms with Gasteiger partial charge in [0.05, 0.1) is 20.8 Å². The number of rotatable bonds is 6. The summed E-state index contributed by atoms with van der Waals surface area (Å²) in [5.74, 6) is 1.86. The molecule has 0 radical (unpaired) electrons. The number of phenolic OH excluding ortho intramolecular Hbond substituents is 1. The zero-order chi connectivity index (χ0) is 14.4. The number of ether oxygens (including phenoxy) is 3. The number of hydrogen-bond acceptors (Lipinski definition) is 5. The third kappa shape index (κ3) is 3.54. The van der Waals surface area contributed by atoms with Gasteiger partial charge < -0.3 is 19.3 Å². The molecule has 0 aliphatic rings. The largest absolute Gasteiger partial charge is 0.508 e. The minimum atomic E-state index is 0.186. The van der Waals surface area contributed by atoms with Crippen LogP contribution in [0, 0.1) is 0 Å². The van der Waals surface area contributed by atoms with Gasteiger partial charge in [-0.1, -0.05) is 6.07 Å². The number of phenols is 1. The maximum atomic E-state index is 9.35. The highest BCUT2D eigenvalue weighted by Crippen LogP contribution is 2.21. The minimum Gasteiger partial charge on any atom is -0.508 e. The number of pyridine rings is 1. The first kappa shape index (κ1) is 14.0. The summed E-state index contributed by atoms with van der Waals surface area (Å²) in [5.41, 5.74) is 0.938. The van der Waals surface area contributed by atoms with Crippen LogP contribution in [0.1, 0.15) is 5.56 Å². The van der Waals surface area contributed by atoms with E-state index < -0.39 is 0 Å². The highest BCUT2D eigenvalue weighted by atomic mass is 16.5. The van der Waals surface area contributed by atoms with Crippen molar-refractivity contribution in [3.8, 4) is 23.3 Å². The maximum absolute atomic E-state index is 9.35. The van der Waals surface area contributed by atoms with E-state index in [1.165, 1.54) is 0 Å². The molecule has 0 unspecified atom stereocenters. The summed E-state index contributed by atoms with van der Waals surface area (Å²) in [4.78, 5) is 4.21. The van der Waals surface area contributed by atoms with Crippen molar-refractivity contribution in [2.75, 3.05) is 20.8 Å². The quantitative estimate of drug-likeness (QED) is 0.877. The Morgan fingerprint density at radius 2 is 1.95 bits per heavy atom. The van der Waals surface area contributed by atoms with E-state index in [0.717, 1.165) is 5.56 Å². The highest BCUT2D eigenvalue weighted by Gasteiger charge is 2.07. The van der Waals surface area contributed by atoms with Crippen molar-refractivity contribution in [1.29, 1.82) is 0 Å². The Morgan fingerprint density at radius 3 is 2.65 bits per heavy atom. The third-order valence-electron chi connectivity index (χ3n) is 2.77. The van der Waals surface area contributed by atoms with Crippen LogP contribution in [0.4, 0.5) is 0 Å². The smallest absolute Gasteiger partial charge is 0.219 e. The van der Waals surface area contributed by atoms with E-state index in [1.807, 2.05) is 6.07 Å². The number of hydrogen-bond donors (Lipinski definition) is 1. The molecular weight excluding hydrogens is 258 g/mol. The third-order valence-corrected chi connectivity index (χ3v) is 2.77. The van der Waals surface area contributed by atoms with Crippen molar-refractivity contribution in [2.45, 2.75) is 6.42 Å². The average molecular weight is 275 g/mol. The predicted octanol–water partition coefficient (Wildman–Crippen LogP) is 2.43. The molecule has 5 heteroatoms. The first-order chi connectivity index (χ1) is 9.72. The molecule has 2 rings (SSSR count). The van der Waals surface area contributed by atoms with Crippen LogP contribution in [0.2, 0.25) is 0 Å². The molecule has 0 aliphatic carbocycles. The minimum absolute atomic E-state index is 0.186. The Bertz CT molecular complexity index is 572. The summed E-state index contributed by atoms with van der Waals surface area (Å²) < 4.78 is 15.8. The fourth-order valence-corrected chi connectivity index (χ4v) is 1.79. The van der Waals surface area contributed by atoms with E-state index in [2.05, 4.69) is 4.98 Å². The Kier molecular flexibility index (Phi) is 4.65. The number of benzene rings is 1. The summed E-state index contributed by atoms with van der Waals surface area (Å²) in [7, 11) is 3.13. The van der Waals surface area contributed by atoms with Gasteiger partial charge in [-0.05, 0) is 18.2 Å². The van der Waals surface area contributed by atoms with E-state index in [0.29, 0.717) is 30.5 Å². The van der Waals surface area contributed by atoms with Crippen LogP contribution in [0.15, 0.2) is 36.4 Å². The summed E-state index contributed by atoms with van der Waals surface area (Å²) >= 11 is 0. The molecule has 1 N–H and O–H groups in total. The summed E-state index contributed by atoms with van der Waals surface area (Å²) in [6, 6.07) is 10.4. The zero-order valence-electron chi connectivity index (χ0n) is 11.5. The van der Waals surface area contributed by atoms with Crippen molar-refractivity contribution in [2.24, 2.45) is 0 Å². The highest BCUT2D eigenvalue weighted by molar-refractivity contribution is 5.33. The second kappa shape index (κ2) is 6.65. The van der Waals surface area contributed by atoms with Crippen LogP contribution in [-0.2, 0) is 6.42 Å². The van der Waals surface area contributed by atoms with Gasteiger partial charge in [0.25, 0.3) is 0 Å². The monoisotopic (exact) mass is 275 g/mol. The Labute approximate surface area is 117 Å². The van der Waals surface area contributed by atoms with E-state index >= 15 is 0 Å². The lowest BCUT2D eigenvalue weighted by molar-refractivity contribution is 0.313. The van der Waals surface area contributed by atoms with Crippen LogP contribution in [0.3, 0.4) is 0 Å². The Morgan fingerprint density at radius 1 is 1.10 bits per heavy atom. The molecule has 1 heterocycles. The lowest BCUT2D eigenvalue weighted by atomic mass is 10.2. The lowest BCUT2D eigenvalue weighted by Gasteiger charge is -2.10. The average Bonchev–Trinajstić information content (AvgIpc) is 2.47. The predicted molar refractivity (Wildman–Crippen MR) is 74.6 cm³/mol. The zero-order valence-corrected chi connectivity index (χ0v) is 11.5. The van der Waals surface area contributed by atoms with E-state index in [9.17, 15) is 5.11 Å². The number of aromatic nitrogens is 1. The van der Waals surface area contributed by atoms with Crippen LogP contribution in [0.5, 0.6) is 23.3 Å². The van der Waals surface area contributed by atoms with Gasteiger partial charge in [0.2, 0.25) is 11.8 Å². The van der Waals surface area contributed by atoms with Crippen LogP contribution in [0.25, 0.3) is 0 Å². The molecular formula is C15H17NO4. The van der Waals surface area contributed by atoms with Gasteiger partial charge in [-0.3, -0.25) is 0 Å². The molecule has 0 atom stereocenters. The van der Waals surface area contributed by atoms with Gasteiger partial charge in [0, 0.05) is 24.1 Å². The van der Waals surface area contributed by atoms with E-state index in [4.69, 9.17) is 14.2 Å². The number of aromatic hydroxyl groups is 1. The van der Waals surface area contributed by atoms with Crippen LogP contribution >= 0.6 is 0 Å². The molecule has 0 saturated heterocycles. The first-order valence-electron chi connectivity index (χ1n) is 6.22. The van der Waals surface area contributed by atoms with Crippen molar-refractivity contribution in [3.05, 3.63) is 42.0 Å². The molecule has 0 amide bonds. The molecule has 0 spiro atoms. The van der Waals surface area contributed by atoms with Crippen molar-refractivity contribution >= 4 is 0 Å². The molecule has 106 valence electrons. The topological polar surface area (TPSA) is 60.8 Å². The molecule has 1 aromatic heterocycles. The van der Waals surface area contributed by atoms with Gasteiger partial charge in [-0.15, -0.1) is 0 Å². The van der Waals surface area contributed by atoms with Crippen LogP contribution < -0.4 is 14.2 Å². The molecule has 2 aromatic rings. The second-order valence-corrected chi connectivity index (χ2v) is 4.12. The molecule has 1 aromatic carbocycles. The number of nitrogens with zero attached hydrogens (tertiary/aromatic N) is 1. The fourth-order valence-electron chi connectivity index (χ4n) is 1.79. The Hall–Kier alpha value is -2.43. The van der Waals surface area contributed by atoms with Gasteiger partial charge in [0.1, 0.15) is 11.5 Å². The van der Waals surface area contributed by atoms with Gasteiger partial charge in [-0.2, -0.15) is 4.98 Å². The molecule has 0 aliphatic heterocycles. The first-order valence-corrected chi connectivity index (χ1v) is 6.22. The molecule has 0 saturated carbocycles. The SMILES string of the molecule is COc1ccc(CCOc2cccc(O)c2)c(OC)n1. The van der Waals surface area contributed by atoms with Gasteiger partial charge >= 0.3 is 0 Å². The molecule has 0 bridgehead atoms. The fraction of sp³-hybridized carbons (Fsp3) is 0.267. The summed E-state index contributed by atoms with van der Waals surface area (Å²) in [6.07, 6.45) is 0.649. The van der Waals surface area contributed by atoms with E-state index in [1.54, 1.807) is 44.6 Å². The molecule has 0 fully saturated rings. The molecule has 5 nitrogen and oxygen atoms in total. The second-order valence-electron chi connectivity index (χ2n) is 4.12. The summed E-state index contributed by atoms with van der Waals surface area (Å²) in [6.45, 7) is 0.466. The maximum Gasteiger partial charge on any atom is 0.219 e.